The van der Waals surface area contributed by atoms with Crippen LogP contribution in [0.5, 0.6) is 0 Å². The molecule has 0 aliphatic heterocycles. The minimum Gasteiger partial charge on any atom is -0.465 e. The Morgan fingerprint density at radius 3 is 2.43 bits per heavy atom. The Hall–Kier alpha value is -1.61. The lowest BCUT2D eigenvalue weighted by Gasteiger charge is -2.15. The molecule has 0 amide bonds. The summed E-state index contributed by atoms with van der Waals surface area (Å²) in [5.74, 6) is -2.55. The van der Waals surface area contributed by atoms with Crippen molar-refractivity contribution in [1.29, 1.82) is 0 Å². The molecule has 1 aliphatic rings. The number of hydrogen-bond donors (Lipinski definition) is 2. The maximum absolute atomic E-state index is 11.2. The first kappa shape index (κ1) is 26.4. The van der Waals surface area contributed by atoms with Gasteiger partial charge in [-0.05, 0) is 49.7 Å². The molecule has 0 saturated heterocycles. The second-order valence-electron chi connectivity index (χ2n) is 8.37. The molecule has 1 aliphatic carbocycles. The van der Waals surface area contributed by atoms with E-state index in [-0.39, 0.29) is 6.42 Å². The summed E-state index contributed by atoms with van der Waals surface area (Å²) in [6.07, 6.45) is 27.7. The average Bonchev–Trinajstić information content (AvgIpc) is 3.18. The Bertz CT molecular complexity index is 582. The molecule has 0 aromatic heterocycles. The number of carbonyl (C=O) groups excluding carboxylic acids is 1. The molecule has 0 aromatic carbocycles. The molecule has 0 heterocycles. The Morgan fingerprint density at radius 2 is 1.77 bits per heavy atom. The monoisotopic (exact) mass is 418 g/mol. The quantitative estimate of drug-likeness (QED) is 0.106. The van der Waals surface area contributed by atoms with Crippen molar-refractivity contribution in [3.8, 4) is 0 Å². The molecule has 4 nitrogen and oxygen atoms in total. The van der Waals surface area contributed by atoms with E-state index in [9.17, 15) is 15.0 Å². The third kappa shape index (κ3) is 11.5. The van der Waals surface area contributed by atoms with E-state index in [4.69, 9.17) is 0 Å². The van der Waals surface area contributed by atoms with Crippen LogP contribution >= 0.6 is 0 Å². The van der Waals surface area contributed by atoms with Crippen LogP contribution in [0.4, 0.5) is 0 Å². The zero-order chi connectivity index (χ0) is 22.1. The van der Waals surface area contributed by atoms with Crippen LogP contribution in [0.1, 0.15) is 90.4 Å². The minimum atomic E-state index is -2.48. The molecule has 0 radical (unpaired) electrons. The number of methoxy groups -OCH3 is 1. The highest BCUT2D eigenvalue weighted by Crippen LogP contribution is 2.29. The van der Waals surface area contributed by atoms with Gasteiger partial charge < -0.3 is 14.9 Å². The van der Waals surface area contributed by atoms with Crippen LogP contribution in [0.25, 0.3) is 0 Å². The second-order valence-corrected chi connectivity index (χ2v) is 8.37. The van der Waals surface area contributed by atoms with Crippen molar-refractivity contribution in [2.75, 3.05) is 7.11 Å². The van der Waals surface area contributed by atoms with Crippen LogP contribution in [0.2, 0.25) is 0 Å². The van der Waals surface area contributed by atoms with E-state index >= 15 is 0 Å². The van der Waals surface area contributed by atoms with Crippen LogP contribution in [0, 0.1) is 11.8 Å². The molecule has 0 aromatic rings. The Balaban J connectivity index is 2.19. The number of aliphatic hydroxyl groups is 2. The summed E-state index contributed by atoms with van der Waals surface area (Å²) < 4.78 is 4.35. The number of hydrogen-bond acceptors (Lipinski definition) is 4. The highest BCUT2D eigenvalue weighted by Gasteiger charge is 2.32. The lowest BCUT2D eigenvalue weighted by atomic mass is 9.91. The van der Waals surface area contributed by atoms with E-state index in [1.165, 1.54) is 63.9 Å². The Morgan fingerprint density at radius 1 is 1.10 bits per heavy atom. The third-order valence-electron chi connectivity index (χ3n) is 5.73. The molecule has 4 heteroatoms. The number of ether oxygens (including phenoxy) is 1. The van der Waals surface area contributed by atoms with Crippen LogP contribution < -0.4 is 0 Å². The van der Waals surface area contributed by atoms with Gasteiger partial charge >= 0.3 is 5.97 Å². The van der Waals surface area contributed by atoms with Crippen molar-refractivity contribution in [3.05, 3.63) is 42.2 Å². The van der Waals surface area contributed by atoms with Crippen molar-refractivity contribution in [1.82, 2.24) is 0 Å². The molecule has 0 fully saturated rings. The summed E-state index contributed by atoms with van der Waals surface area (Å²) in [6, 6.07) is 0. The summed E-state index contributed by atoms with van der Waals surface area (Å²) in [5, 5.41) is 19.1. The highest BCUT2D eigenvalue weighted by atomic mass is 16.6. The van der Waals surface area contributed by atoms with Crippen molar-refractivity contribution in [2.24, 2.45) is 11.8 Å². The van der Waals surface area contributed by atoms with Gasteiger partial charge in [-0.2, -0.15) is 0 Å². The predicted molar refractivity (Wildman–Crippen MR) is 123 cm³/mol. The number of carbonyl (C=O) groups is 1. The summed E-state index contributed by atoms with van der Waals surface area (Å²) in [4.78, 5) is 11.2. The van der Waals surface area contributed by atoms with Gasteiger partial charge in [0.15, 0.2) is 0 Å². The molecule has 0 spiro atoms. The van der Waals surface area contributed by atoms with E-state index < -0.39 is 11.8 Å². The standard InChI is InChI=1S/C26H42O4/c1-3-4-5-6-7-8-9-10-11-12-14-18-23-20-17-21-24(23)19-15-13-16-22-26(28,29)25(27)30-2/h14-18,20,23-24,28-29H,3-12,19,21-22H2,1-2H3/t13?,23-,24-/m0/s1. The van der Waals surface area contributed by atoms with Crippen LogP contribution in [-0.4, -0.2) is 29.1 Å². The average molecular weight is 419 g/mol. The topological polar surface area (TPSA) is 66.8 Å². The van der Waals surface area contributed by atoms with Crippen molar-refractivity contribution in [3.63, 3.8) is 0 Å². The molecule has 0 saturated carbocycles. The smallest absolute Gasteiger partial charge is 0.366 e. The molecule has 2 atom stereocenters. The fourth-order valence-electron chi connectivity index (χ4n) is 3.78. The summed E-state index contributed by atoms with van der Waals surface area (Å²) in [7, 11) is 1.12. The maximum atomic E-state index is 11.2. The number of esters is 1. The van der Waals surface area contributed by atoms with Gasteiger partial charge in [0, 0.05) is 6.42 Å². The lowest BCUT2D eigenvalue weighted by molar-refractivity contribution is -0.205. The molecule has 2 N–H and O–H groups in total. The molecule has 1 rings (SSSR count). The fraction of sp³-hybridized carbons (Fsp3) is 0.692. The maximum Gasteiger partial charge on any atom is 0.366 e. The van der Waals surface area contributed by atoms with Crippen LogP contribution in [-0.2, 0) is 9.53 Å². The predicted octanol–water partition coefficient (Wildman–Crippen LogP) is 6.00. The van der Waals surface area contributed by atoms with Gasteiger partial charge in [-0.15, -0.1) is 5.73 Å². The van der Waals surface area contributed by atoms with Gasteiger partial charge in [-0.25, -0.2) is 4.79 Å². The number of allylic oxidation sites excluding steroid dienone is 4. The second kappa shape index (κ2) is 16.1. The summed E-state index contributed by atoms with van der Waals surface area (Å²) in [5.41, 5.74) is 2.95. The number of unbranched alkanes of at least 4 members (excludes halogenated alkanes) is 9. The molecule has 0 unspecified atom stereocenters. The third-order valence-corrected chi connectivity index (χ3v) is 5.73. The summed E-state index contributed by atoms with van der Waals surface area (Å²) >= 11 is 0. The Labute approximate surface area is 183 Å². The highest BCUT2D eigenvalue weighted by molar-refractivity contribution is 5.77. The van der Waals surface area contributed by atoms with E-state index in [1.807, 2.05) is 6.08 Å². The normalized spacial score (nSPS) is 18.5. The molecular weight excluding hydrogens is 376 g/mol. The van der Waals surface area contributed by atoms with Crippen LogP contribution in [0.3, 0.4) is 0 Å². The van der Waals surface area contributed by atoms with E-state index in [0.717, 1.165) is 26.4 Å². The zero-order valence-electron chi connectivity index (χ0n) is 19.0. The van der Waals surface area contributed by atoms with Gasteiger partial charge in [0.25, 0.3) is 5.79 Å². The van der Waals surface area contributed by atoms with Crippen molar-refractivity contribution < 1.29 is 19.7 Å². The van der Waals surface area contributed by atoms with Crippen molar-refractivity contribution in [2.45, 2.75) is 96.2 Å². The van der Waals surface area contributed by atoms with Crippen molar-refractivity contribution >= 4 is 5.97 Å². The van der Waals surface area contributed by atoms with Gasteiger partial charge in [0.1, 0.15) is 0 Å². The zero-order valence-corrected chi connectivity index (χ0v) is 19.0. The first-order chi connectivity index (χ1) is 14.5. The molecule has 0 bridgehead atoms. The van der Waals surface area contributed by atoms with Gasteiger partial charge in [0.05, 0.1) is 7.11 Å². The molecular formula is C26H42O4. The minimum absolute atomic E-state index is 0.235. The Kier molecular flexibility index (Phi) is 14.2. The van der Waals surface area contributed by atoms with E-state index in [2.05, 4.69) is 41.7 Å². The van der Waals surface area contributed by atoms with E-state index in [1.54, 1.807) is 0 Å². The SMILES string of the molecule is CCCCCCCCCCCC=C[C@H]1C=CC[C@@H]1CC=C=CCC(O)(O)C(=O)OC. The largest absolute Gasteiger partial charge is 0.465 e. The summed E-state index contributed by atoms with van der Waals surface area (Å²) in [6.45, 7) is 2.26. The van der Waals surface area contributed by atoms with Gasteiger partial charge in [-0.1, -0.05) is 82.6 Å². The van der Waals surface area contributed by atoms with Crippen LogP contribution in [0.15, 0.2) is 42.2 Å². The lowest BCUT2D eigenvalue weighted by Crippen LogP contribution is -2.38. The van der Waals surface area contributed by atoms with Gasteiger partial charge in [-0.3, -0.25) is 0 Å². The fourth-order valence-corrected chi connectivity index (χ4v) is 3.78. The van der Waals surface area contributed by atoms with Gasteiger partial charge in [0.2, 0.25) is 0 Å². The molecule has 30 heavy (non-hydrogen) atoms. The number of rotatable bonds is 16. The first-order valence-electron chi connectivity index (χ1n) is 11.8. The first-order valence-corrected chi connectivity index (χ1v) is 11.8. The molecule has 170 valence electrons. The van der Waals surface area contributed by atoms with E-state index in [0.29, 0.717) is 11.8 Å².